The summed E-state index contributed by atoms with van der Waals surface area (Å²) in [5, 5.41) is 6.76. The average Bonchev–Trinajstić information content (AvgIpc) is 2.89. The topological polar surface area (TPSA) is 99.8 Å². The molecule has 1 aliphatic rings. The number of nitrogens with zero attached hydrogens (tertiary/aromatic N) is 1. The number of nitrogens with one attached hydrogen (secondary N) is 3. The van der Waals surface area contributed by atoms with Crippen LogP contribution in [0.3, 0.4) is 0 Å². The SMILES string of the molecule is CCCCNC(=O)C(CCCC)NC1CCN(Cc2ccc(Oc3ccc(NS(C)(=O)=O)cc3)cc2)CC1. The van der Waals surface area contributed by atoms with Crippen LogP contribution < -0.4 is 20.1 Å². The lowest BCUT2D eigenvalue weighted by Gasteiger charge is -2.34. The Balaban J connectivity index is 1.44. The van der Waals surface area contributed by atoms with E-state index in [0.29, 0.717) is 17.5 Å². The minimum absolute atomic E-state index is 0.0944. The maximum atomic E-state index is 12.7. The van der Waals surface area contributed by atoms with Crippen LogP contribution in [0.25, 0.3) is 0 Å². The number of amides is 1. The summed E-state index contributed by atoms with van der Waals surface area (Å²) in [6.45, 7) is 7.96. The van der Waals surface area contributed by atoms with E-state index in [1.165, 1.54) is 5.56 Å². The van der Waals surface area contributed by atoms with Gasteiger partial charge in [0.1, 0.15) is 11.5 Å². The molecule has 0 bridgehead atoms. The normalized spacial score (nSPS) is 15.7. The molecule has 1 unspecified atom stereocenters. The molecule has 0 aromatic heterocycles. The van der Waals surface area contributed by atoms with Crippen molar-refractivity contribution in [3.63, 3.8) is 0 Å². The fraction of sp³-hybridized carbons (Fsp3) is 0.552. The molecule has 2 aromatic carbocycles. The summed E-state index contributed by atoms with van der Waals surface area (Å²) in [4.78, 5) is 15.2. The van der Waals surface area contributed by atoms with Gasteiger partial charge in [-0.1, -0.05) is 45.2 Å². The van der Waals surface area contributed by atoms with Crippen molar-refractivity contribution in [3.8, 4) is 11.5 Å². The molecule has 1 saturated heterocycles. The van der Waals surface area contributed by atoms with Crippen molar-refractivity contribution < 1.29 is 17.9 Å². The van der Waals surface area contributed by atoms with Gasteiger partial charge in [0.05, 0.1) is 12.3 Å². The van der Waals surface area contributed by atoms with Crippen molar-refractivity contribution in [2.45, 2.75) is 77.4 Å². The molecule has 9 heteroatoms. The number of hydrogen-bond donors (Lipinski definition) is 3. The fourth-order valence-corrected chi connectivity index (χ4v) is 5.18. The first-order valence-electron chi connectivity index (χ1n) is 13.9. The van der Waals surface area contributed by atoms with E-state index in [9.17, 15) is 13.2 Å². The van der Waals surface area contributed by atoms with E-state index in [1.54, 1.807) is 24.3 Å². The lowest BCUT2D eigenvalue weighted by molar-refractivity contribution is -0.123. The molecular formula is C29H44N4O4S. The summed E-state index contributed by atoms with van der Waals surface area (Å²) in [5.41, 5.74) is 1.73. The van der Waals surface area contributed by atoms with Crippen molar-refractivity contribution >= 4 is 21.6 Å². The summed E-state index contributed by atoms with van der Waals surface area (Å²) >= 11 is 0. The summed E-state index contributed by atoms with van der Waals surface area (Å²) in [6.07, 6.45) is 8.36. The quantitative estimate of drug-likeness (QED) is 0.277. The van der Waals surface area contributed by atoms with Crippen molar-refractivity contribution in [1.82, 2.24) is 15.5 Å². The van der Waals surface area contributed by atoms with Gasteiger partial charge < -0.3 is 15.4 Å². The molecule has 0 radical (unpaired) electrons. The Kier molecular flexibility index (Phi) is 11.9. The number of piperidine rings is 1. The smallest absolute Gasteiger partial charge is 0.237 e. The Hall–Kier alpha value is -2.62. The van der Waals surface area contributed by atoms with Gasteiger partial charge in [-0.05, 0) is 80.7 Å². The standard InChI is InChI=1S/C29H44N4O4S/c1-4-6-8-28(29(34)30-19-7-5-2)31-24-17-20-33(21-18-24)22-23-9-13-26(14-10-23)37-27-15-11-25(12-16-27)32-38(3,35)36/h9-16,24,28,31-32H,4-8,17-22H2,1-3H3,(H,30,34). The highest BCUT2D eigenvalue weighted by atomic mass is 32.2. The molecule has 2 aromatic rings. The number of anilines is 1. The van der Waals surface area contributed by atoms with Gasteiger partial charge in [-0.25, -0.2) is 8.42 Å². The van der Waals surface area contributed by atoms with Crippen LogP contribution in [0.5, 0.6) is 11.5 Å². The highest BCUT2D eigenvalue weighted by Crippen LogP contribution is 2.24. The van der Waals surface area contributed by atoms with Crippen LogP contribution in [-0.2, 0) is 21.4 Å². The van der Waals surface area contributed by atoms with Gasteiger partial charge in [0.2, 0.25) is 15.9 Å². The van der Waals surface area contributed by atoms with Crippen molar-refractivity contribution in [2.24, 2.45) is 0 Å². The lowest BCUT2D eigenvalue weighted by atomic mass is 10.0. The number of rotatable bonds is 15. The molecular weight excluding hydrogens is 500 g/mol. The Bertz CT molecular complexity index is 1080. The second-order valence-electron chi connectivity index (χ2n) is 10.2. The third-order valence-corrected chi connectivity index (χ3v) is 7.35. The summed E-state index contributed by atoms with van der Waals surface area (Å²) in [5.74, 6) is 1.52. The zero-order valence-corrected chi connectivity index (χ0v) is 23.9. The molecule has 1 aliphatic heterocycles. The van der Waals surface area contributed by atoms with Crippen LogP contribution in [-0.4, -0.2) is 57.2 Å². The highest BCUT2D eigenvalue weighted by molar-refractivity contribution is 7.92. The third-order valence-electron chi connectivity index (χ3n) is 6.74. The summed E-state index contributed by atoms with van der Waals surface area (Å²) < 4.78 is 31.0. The first-order chi connectivity index (χ1) is 18.3. The minimum atomic E-state index is -3.30. The molecule has 8 nitrogen and oxygen atoms in total. The number of unbranched alkanes of at least 4 members (excludes halogenated alkanes) is 2. The van der Waals surface area contributed by atoms with E-state index in [2.05, 4.69) is 46.2 Å². The molecule has 0 spiro atoms. The maximum absolute atomic E-state index is 12.7. The molecule has 0 saturated carbocycles. The van der Waals surface area contributed by atoms with E-state index < -0.39 is 10.0 Å². The predicted molar refractivity (Wildman–Crippen MR) is 154 cm³/mol. The maximum Gasteiger partial charge on any atom is 0.237 e. The molecule has 210 valence electrons. The van der Waals surface area contributed by atoms with Crippen molar-refractivity contribution in [1.29, 1.82) is 0 Å². The van der Waals surface area contributed by atoms with Gasteiger partial charge in [0.15, 0.2) is 0 Å². The predicted octanol–water partition coefficient (Wildman–Crippen LogP) is 4.88. The first kappa shape index (κ1) is 29.9. The van der Waals surface area contributed by atoms with E-state index >= 15 is 0 Å². The van der Waals surface area contributed by atoms with Gasteiger partial charge in [0.25, 0.3) is 0 Å². The second kappa shape index (κ2) is 15.1. The lowest BCUT2D eigenvalue weighted by Crippen LogP contribution is -2.51. The second-order valence-corrected chi connectivity index (χ2v) is 11.9. The van der Waals surface area contributed by atoms with Crippen LogP contribution in [0.1, 0.15) is 64.4 Å². The molecule has 1 amide bonds. The molecule has 1 atom stereocenters. The zero-order chi connectivity index (χ0) is 27.4. The van der Waals surface area contributed by atoms with Crippen LogP contribution in [0.15, 0.2) is 48.5 Å². The van der Waals surface area contributed by atoms with Gasteiger partial charge in [-0.2, -0.15) is 0 Å². The zero-order valence-electron chi connectivity index (χ0n) is 23.0. The van der Waals surface area contributed by atoms with Crippen molar-refractivity contribution in [3.05, 3.63) is 54.1 Å². The van der Waals surface area contributed by atoms with E-state index in [0.717, 1.165) is 83.1 Å². The van der Waals surface area contributed by atoms with E-state index in [4.69, 9.17) is 4.74 Å². The third kappa shape index (κ3) is 10.6. The minimum Gasteiger partial charge on any atom is -0.457 e. The number of carbonyl (C=O) groups excluding carboxylic acids is 1. The molecule has 0 aliphatic carbocycles. The fourth-order valence-electron chi connectivity index (χ4n) is 4.61. The molecule has 3 N–H and O–H groups in total. The molecule has 38 heavy (non-hydrogen) atoms. The van der Waals surface area contributed by atoms with Crippen molar-refractivity contribution in [2.75, 3.05) is 30.6 Å². The molecule has 3 rings (SSSR count). The first-order valence-corrected chi connectivity index (χ1v) is 15.8. The number of carbonyl (C=O) groups is 1. The van der Waals surface area contributed by atoms with Gasteiger partial charge >= 0.3 is 0 Å². The average molecular weight is 545 g/mol. The van der Waals surface area contributed by atoms with E-state index in [1.807, 2.05) is 12.1 Å². The summed E-state index contributed by atoms with van der Waals surface area (Å²) in [6, 6.07) is 15.2. The van der Waals surface area contributed by atoms with Gasteiger partial charge in [-0.15, -0.1) is 0 Å². The van der Waals surface area contributed by atoms with Gasteiger partial charge in [-0.3, -0.25) is 14.4 Å². The summed E-state index contributed by atoms with van der Waals surface area (Å²) in [7, 11) is -3.30. The van der Waals surface area contributed by atoms with Gasteiger partial charge in [0, 0.05) is 24.8 Å². The van der Waals surface area contributed by atoms with E-state index in [-0.39, 0.29) is 11.9 Å². The number of sulfonamides is 1. The molecule has 1 heterocycles. The van der Waals surface area contributed by atoms with Crippen LogP contribution in [0.4, 0.5) is 5.69 Å². The van der Waals surface area contributed by atoms with Crippen LogP contribution in [0.2, 0.25) is 0 Å². The van der Waals surface area contributed by atoms with Crippen LogP contribution >= 0.6 is 0 Å². The Morgan fingerprint density at radius 1 is 0.974 bits per heavy atom. The van der Waals surface area contributed by atoms with Crippen LogP contribution in [0, 0.1) is 0 Å². The number of likely N-dealkylation sites (tertiary alicyclic amines) is 1. The number of hydrogen-bond acceptors (Lipinski definition) is 6. The highest BCUT2D eigenvalue weighted by Gasteiger charge is 2.25. The number of ether oxygens (including phenoxy) is 1. The monoisotopic (exact) mass is 544 g/mol. The molecule has 1 fully saturated rings. The Labute approximate surface area is 228 Å². The number of benzene rings is 2. The largest absolute Gasteiger partial charge is 0.457 e. The Morgan fingerprint density at radius 2 is 1.58 bits per heavy atom. The Morgan fingerprint density at radius 3 is 2.16 bits per heavy atom.